The summed E-state index contributed by atoms with van der Waals surface area (Å²) in [6.45, 7) is 4.28. The number of aromatic nitrogens is 5. The lowest BCUT2D eigenvalue weighted by molar-refractivity contribution is 0.568. The first kappa shape index (κ1) is 24.5. The molecule has 5 rings (SSSR count). The first-order chi connectivity index (χ1) is 15.2. The smallest absolute Gasteiger partial charge is 0.278 e. The standard InChI is InChI=1S/C22H24N8O.2ClH/c1-3-29-21(31)17-13-25-22(26-16-8-7-14-9-10-24-12-15(14)11-16)28-20(17)30(29)19-6-4-5-18(23-2)27-19;;/h4-8,11,13,24H,3,9-10,12H2,1-2H3,(H,23,27)(H,25,26,28);2*1H. The third kappa shape index (κ3) is 4.52. The third-order valence-corrected chi connectivity index (χ3v) is 5.53. The first-order valence-electron chi connectivity index (χ1n) is 10.4. The van der Waals surface area contributed by atoms with E-state index in [4.69, 9.17) is 0 Å². The van der Waals surface area contributed by atoms with Gasteiger partial charge in [-0.05, 0) is 55.3 Å². The largest absolute Gasteiger partial charge is 0.373 e. The summed E-state index contributed by atoms with van der Waals surface area (Å²) < 4.78 is 3.37. The Hall–Kier alpha value is -3.14. The molecule has 33 heavy (non-hydrogen) atoms. The van der Waals surface area contributed by atoms with Crippen LogP contribution < -0.4 is 21.5 Å². The third-order valence-electron chi connectivity index (χ3n) is 5.53. The molecule has 0 unspecified atom stereocenters. The molecule has 3 aromatic heterocycles. The van der Waals surface area contributed by atoms with Crippen LogP contribution in [0.15, 0.2) is 47.4 Å². The number of anilines is 3. The van der Waals surface area contributed by atoms with Gasteiger partial charge in [0.25, 0.3) is 5.56 Å². The van der Waals surface area contributed by atoms with E-state index in [1.54, 1.807) is 15.6 Å². The van der Waals surface area contributed by atoms with E-state index in [-0.39, 0.29) is 30.4 Å². The van der Waals surface area contributed by atoms with Crippen molar-refractivity contribution in [3.63, 3.8) is 0 Å². The maximum atomic E-state index is 12.9. The number of nitrogens with zero attached hydrogens (tertiary/aromatic N) is 5. The minimum Gasteiger partial charge on any atom is -0.373 e. The predicted octanol–water partition coefficient (Wildman–Crippen LogP) is 3.27. The molecule has 1 aromatic carbocycles. The van der Waals surface area contributed by atoms with Gasteiger partial charge >= 0.3 is 0 Å². The fraction of sp³-hybridized carbons (Fsp3) is 0.273. The van der Waals surface area contributed by atoms with Crippen molar-refractivity contribution in [1.29, 1.82) is 0 Å². The molecule has 0 atom stereocenters. The van der Waals surface area contributed by atoms with Gasteiger partial charge in [0.05, 0.1) is 0 Å². The highest BCUT2D eigenvalue weighted by Gasteiger charge is 2.18. The van der Waals surface area contributed by atoms with Crippen molar-refractivity contribution in [2.45, 2.75) is 26.4 Å². The molecule has 1 aliphatic rings. The summed E-state index contributed by atoms with van der Waals surface area (Å²) in [6.07, 6.45) is 2.62. The van der Waals surface area contributed by atoms with Gasteiger partial charge in [0.2, 0.25) is 5.95 Å². The van der Waals surface area contributed by atoms with Crippen LogP contribution in [0.3, 0.4) is 0 Å². The Kier molecular flexibility index (Phi) is 7.57. The van der Waals surface area contributed by atoms with Gasteiger partial charge in [-0.25, -0.2) is 19.3 Å². The summed E-state index contributed by atoms with van der Waals surface area (Å²) in [6, 6.07) is 11.9. The molecule has 4 aromatic rings. The normalized spacial score (nSPS) is 12.4. The highest BCUT2D eigenvalue weighted by atomic mass is 35.5. The summed E-state index contributed by atoms with van der Waals surface area (Å²) in [7, 11) is 1.81. The fourth-order valence-electron chi connectivity index (χ4n) is 3.97. The molecule has 174 valence electrons. The second-order valence-corrected chi connectivity index (χ2v) is 7.43. The van der Waals surface area contributed by atoms with Crippen molar-refractivity contribution < 1.29 is 0 Å². The van der Waals surface area contributed by atoms with Gasteiger partial charge in [0, 0.05) is 32.0 Å². The van der Waals surface area contributed by atoms with E-state index in [0.29, 0.717) is 35.2 Å². The Morgan fingerprint density at radius 2 is 1.97 bits per heavy atom. The molecule has 9 nitrogen and oxygen atoms in total. The molecular weight excluding hydrogens is 463 g/mol. The van der Waals surface area contributed by atoms with E-state index >= 15 is 0 Å². The molecule has 0 fully saturated rings. The van der Waals surface area contributed by atoms with Crippen LogP contribution in [0.25, 0.3) is 16.9 Å². The van der Waals surface area contributed by atoms with Gasteiger partial charge in [0.1, 0.15) is 11.2 Å². The van der Waals surface area contributed by atoms with E-state index in [9.17, 15) is 4.79 Å². The van der Waals surface area contributed by atoms with Crippen molar-refractivity contribution >= 4 is 53.3 Å². The maximum Gasteiger partial charge on any atom is 0.278 e. The highest BCUT2D eigenvalue weighted by molar-refractivity contribution is 5.85. The predicted molar refractivity (Wildman–Crippen MR) is 136 cm³/mol. The van der Waals surface area contributed by atoms with Crippen LogP contribution in [0.1, 0.15) is 18.1 Å². The SMILES string of the molecule is CCn1c(=O)c2cnc(Nc3ccc4c(c3)CNCC4)nc2n1-c1cccc(NC)n1.Cl.Cl. The van der Waals surface area contributed by atoms with Crippen LogP contribution in [0.4, 0.5) is 17.5 Å². The maximum absolute atomic E-state index is 12.9. The minimum atomic E-state index is -0.138. The molecule has 11 heteroatoms. The number of nitrogens with one attached hydrogen (secondary N) is 3. The number of hydrogen-bond acceptors (Lipinski definition) is 7. The fourth-order valence-corrected chi connectivity index (χ4v) is 3.97. The van der Waals surface area contributed by atoms with Gasteiger partial charge in [-0.15, -0.1) is 24.8 Å². The number of benzene rings is 1. The zero-order chi connectivity index (χ0) is 21.4. The monoisotopic (exact) mass is 488 g/mol. The van der Waals surface area contributed by atoms with E-state index in [0.717, 1.165) is 25.2 Å². The molecule has 4 heterocycles. The molecule has 0 saturated heterocycles. The Balaban J connectivity index is 0.00000153. The molecule has 0 radical (unpaired) electrons. The number of halogens is 2. The highest BCUT2D eigenvalue weighted by Crippen LogP contribution is 2.22. The second kappa shape index (κ2) is 10.2. The van der Waals surface area contributed by atoms with Crippen molar-refractivity contribution in [1.82, 2.24) is 29.6 Å². The Bertz CT molecular complexity index is 1330. The lowest BCUT2D eigenvalue weighted by Crippen LogP contribution is -2.23. The quantitative estimate of drug-likeness (QED) is 0.396. The molecule has 0 aliphatic carbocycles. The summed E-state index contributed by atoms with van der Waals surface area (Å²) in [4.78, 5) is 26.6. The van der Waals surface area contributed by atoms with Crippen molar-refractivity contribution in [2.75, 3.05) is 24.2 Å². The van der Waals surface area contributed by atoms with Crippen molar-refractivity contribution in [3.8, 4) is 5.82 Å². The van der Waals surface area contributed by atoms with Crippen molar-refractivity contribution in [2.24, 2.45) is 0 Å². The zero-order valence-electron chi connectivity index (χ0n) is 18.3. The molecule has 0 bridgehead atoms. The van der Waals surface area contributed by atoms with Gasteiger partial charge < -0.3 is 16.0 Å². The number of hydrogen-bond donors (Lipinski definition) is 3. The van der Waals surface area contributed by atoms with Crippen LogP contribution in [0.2, 0.25) is 0 Å². The molecular formula is C22H26Cl2N8O. The lowest BCUT2D eigenvalue weighted by atomic mass is 10.0. The number of pyridine rings is 1. The van der Waals surface area contributed by atoms with Crippen LogP contribution in [-0.2, 0) is 19.5 Å². The molecule has 0 saturated carbocycles. The van der Waals surface area contributed by atoms with Gasteiger partial charge in [-0.2, -0.15) is 4.98 Å². The number of rotatable bonds is 5. The van der Waals surface area contributed by atoms with Crippen LogP contribution in [0, 0.1) is 0 Å². The summed E-state index contributed by atoms with van der Waals surface area (Å²) in [5.41, 5.74) is 3.94. The van der Waals surface area contributed by atoms with Crippen LogP contribution in [0.5, 0.6) is 0 Å². The lowest BCUT2D eigenvalue weighted by Gasteiger charge is -2.18. The Morgan fingerprint density at radius 3 is 2.76 bits per heavy atom. The topological polar surface area (TPSA) is 102 Å². The molecule has 1 aliphatic heterocycles. The second-order valence-electron chi connectivity index (χ2n) is 7.43. The Morgan fingerprint density at radius 1 is 1.12 bits per heavy atom. The van der Waals surface area contributed by atoms with E-state index in [1.807, 2.05) is 38.2 Å². The zero-order valence-corrected chi connectivity index (χ0v) is 20.0. The van der Waals surface area contributed by atoms with Crippen molar-refractivity contribution in [3.05, 3.63) is 64.1 Å². The molecule has 3 N–H and O–H groups in total. The molecule has 0 spiro atoms. The minimum absolute atomic E-state index is 0. The summed E-state index contributed by atoms with van der Waals surface area (Å²) >= 11 is 0. The summed E-state index contributed by atoms with van der Waals surface area (Å²) in [5, 5.41) is 10.2. The van der Waals surface area contributed by atoms with E-state index in [2.05, 4.69) is 43.0 Å². The van der Waals surface area contributed by atoms with Gasteiger partial charge in [-0.3, -0.25) is 4.79 Å². The average Bonchev–Trinajstić information content (AvgIpc) is 3.10. The van der Waals surface area contributed by atoms with Crippen LogP contribution >= 0.6 is 24.8 Å². The molecule has 0 amide bonds. The van der Waals surface area contributed by atoms with Crippen LogP contribution in [-0.4, -0.2) is 37.9 Å². The van der Waals surface area contributed by atoms with E-state index < -0.39 is 0 Å². The van der Waals surface area contributed by atoms with Gasteiger partial charge in [0.15, 0.2) is 11.5 Å². The number of fused-ring (bicyclic) bond motifs is 2. The van der Waals surface area contributed by atoms with E-state index in [1.165, 1.54) is 11.1 Å². The Labute approximate surface area is 203 Å². The van der Waals surface area contributed by atoms with Gasteiger partial charge in [-0.1, -0.05) is 12.1 Å². The first-order valence-corrected chi connectivity index (χ1v) is 10.4. The summed E-state index contributed by atoms with van der Waals surface area (Å²) in [5.74, 6) is 1.76. The average molecular weight is 489 g/mol.